The van der Waals surface area contributed by atoms with Gasteiger partial charge in [-0.1, -0.05) is 12.2 Å². The SMILES string of the molecule is COc1cc2c(cc1OC)C(O)CC=CC2. The van der Waals surface area contributed by atoms with Gasteiger partial charge in [0.25, 0.3) is 0 Å². The first-order valence-electron chi connectivity index (χ1n) is 5.34. The Labute approximate surface area is 95.3 Å². The maximum absolute atomic E-state index is 9.98. The van der Waals surface area contributed by atoms with Gasteiger partial charge in [-0.25, -0.2) is 0 Å². The average molecular weight is 220 g/mol. The minimum absolute atomic E-state index is 0.450. The molecule has 1 aromatic carbocycles. The highest BCUT2D eigenvalue weighted by Crippen LogP contribution is 2.35. The summed E-state index contributed by atoms with van der Waals surface area (Å²) >= 11 is 0. The van der Waals surface area contributed by atoms with Gasteiger partial charge in [-0.3, -0.25) is 0 Å². The van der Waals surface area contributed by atoms with E-state index in [1.807, 2.05) is 18.2 Å². The van der Waals surface area contributed by atoms with Gasteiger partial charge in [0.2, 0.25) is 0 Å². The Balaban J connectivity index is 2.51. The van der Waals surface area contributed by atoms with Crippen LogP contribution in [-0.2, 0) is 6.42 Å². The fourth-order valence-electron chi connectivity index (χ4n) is 1.99. The van der Waals surface area contributed by atoms with Gasteiger partial charge in [-0.2, -0.15) is 0 Å². The molecule has 1 aliphatic rings. The molecule has 0 saturated carbocycles. The van der Waals surface area contributed by atoms with Crippen molar-refractivity contribution in [2.24, 2.45) is 0 Å². The summed E-state index contributed by atoms with van der Waals surface area (Å²) in [6, 6.07) is 3.80. The molecule has 0 radical (unpaired) electrons. The quantitative estimate of drug-likeness (QED) is 0.777. The lowest BCUT2D eigenvalue weighted by molar-refractivity contribution is 0.181. The summed E-state index contributed by atoms with van der Waals surface area (Å²) in [5.41, 5.74) is 2.03. The van der Waals surface area contributed by atoms with Crippen LogP contribution in [0.5, 0.6) is 11.5 Å². The third-order valence-electron chi connectivity index (χ3n) is 2.87. The molecule has 3 nitrogen and oxygen atoms in total. The molecule has 1 atom stereocenters. The summed E-state index contributed by atoms with van der Waals surface area (Å²) in [4.78, 5) is 0. The number of aliphatic hydroxyl groups is 1. The summed E-state index contributed by atoms with van der Waals surface area (Å²) in [7, 11) is 3.22. The third kappa shape index (κ3) is 1.91. The van der Waals surface area contributed by atoms with E-state index in [9.17, 15) is 5.11 Å². The van der Waals surface area contributed by atoms with Crippen molar-refractivity contribution in [3.8, 4) is 11.5 Å². The van der Waals surface area contributed by atoms with Gasteiger partial charge in [-0.05, 0) is 36.1 Å². The Kier molecular flexibility index (Phi) is 3.15. The van der Waals surface area contributed by atoms with Crippen LogP contribution in [0.25, 0.3) is 0 Å². The van der Waals surface area contributed by atoms with Crippen LogP contribution in [0.3, 0.4) is 0 Å². The van der Waals surface area contributed by atoms with E-state index < -0.39 is 6.10 Å². The maximum atomic E-state index is 9.98. The van der Waals surface area contributed by atoms with Crippen molar-refractivity contribution < 1.29 is 14.6 Å². The molecule has 3 heteroatoms. The first-order valence-corrected chi connectivity index (χ1v) is 5.34. The number of hydrogen-bond acceptors (Lipinski definition) is 3. The molecule has 0 heterocycles. The predicted octanol–water partition coefficient (Wildman–Crippen LogP) is 2.24. The monoisotopic (exact) mass is 220 g/mol. The molecule has 16 heavy (non-hydrogen) atoms. The number of hydrogen-bond donors (Lipinski definition) is 1. The van der Waals surface area contributed by atoms with Crippen LogP contribution in [0.4, 0.5) is 0 Å². The first kappa shape index (κ1) is 11.0. The molecule has 1 N–H and O–H groups in total. The molecule has 1 aromatic rings. The molecule has 0 bridgehead atoms. The van der Waals surface area contributed by atoms with E-state index in [1.54, 1.807) is 14.2 Å². The standard InChI is InChI=1S/C13H16O3/c1-15-12-7-9-5-3-4-6-11(14)10(9)8-13(12)16-2/h3-4,7-8,11,14H,5-6H2,1-2H3. The Morgan fingerprint density at radius 2 is 1.81 bits per heavy atom. The lowest BCUT2D eigenvalue weighted by Gasteiger charge is -2.15. The molecule has 0 saturated heterocycles. The number of ether oxygens (including phenoxy) is 2. The minimum Gasteiger partial charge on any atom is -0.493 e. The first-order chi connectivity index (χ1) is 7.76. The zero-order valence-corrected chi connectivity index (χ0v) is 9.56. The van der Waals surface area contributed by atoms with Crippen LogP contribution in [0.2, 0.25) is 0 Å². The van der Waals surface area contributed by atoms with Crippen LogP contribution in [0, 0.1) is 0 Å². The highest BCUT2D eigenvalue weighted by Gasteiger charge is 2.17. The smallest absolute Gasteiger partial charge is 0.161 e. The van der Waals surface area contributed by atoms with Gasteiger partial charge in [-0.15, -0.1) is 0 Å². The fourth-order valence-corrected chi connectivity index (χ4v) is 1.99. The van der Waals surface area contributed by atoms with Gasteiger partial charge in [0.15, 0.2) is 11.5 Å². The molecule has 0 fully saturated rings. The van der Waals surface area contributed by atoms with Crippen LogP contribution < -0.4 is 9.47 Å². The number of allylic oxidation sites excluding steroid dienone is 1. The van der Waals surface area contributed by atoms with E-state index in [0.29, 0.717) is 17.9 Å². The zero-order valence-electron chi connectivity index (χ0n) is 9.56. The predicted molar refractivity (Wildman–Crippen MR) is 62.0 cm³/mol. The summed E-state index contributed by atoms with van der Waals surface area (Å²) < 4.78 is 10.5. The number of benzene rings is 1. The molecule has 86 valence electrons. The van der Waals surface area contributed by atoms with Crippen molar-refractivity contribution >= 4 is 0 Å². The highest BCUT2D eigenvalue weighted by atomic mass is 16.5. The lowest BCUT2D eigenvalue weighted by Crippen LogP contribution is -2.01. The fraction of sp³-hybridized carbons (Fsp3) is 0.385. The molecule has 0 spiro atoms. The maximum Gasteiger partial charge on any atom is 0.161 e. The summed E-state index contributed by atoms with van der Waals surface area (Å²) in [5, 5.41) is 9.98. The molecule has 0 amide bonds. The summed E-state index contributed by atoms with van der Waals surface area (Å²) in [6.45, 7) is 0. The molecule has 0 aromatic heterocycles. The van der Waals surface area contributed by atoms with E-state index in [1.165, 1.54) is 0 Å². The Morgan fingerprint density at radius 3 is 2.50 bits per heavy atom. The van der Waals surface area contributed by atoms with Crippen LogP contribution in [-0.4, -0.2) is 19.3 Å². The van der Waals surface area contributed by atoms with Crippen molar-refractivity contribution in [3.63, 3.8) is 0 Å². The van der Waals surface area contributed by atoms with E-state index in [4.69, 9.17) is 9.47 Å². The topological polar surface area (TPSA) is 38.7 Å². The Morgan fingerprint density at radius 1 is 1.12 bits per heavy atom. The molecule has 0 aliphatic heterocycles. The van der Waals surface area contributed by atoms with Crippen LogP contribution >= 0.6 is 0 Å². The number of rotatable bonds is 2. The van der Waals surface area contributed by atoms with Crippen molar-refractivity contribution in [2.75, 3.05) is 14.2 Å². The molecule has 1 aliphatic carbocycles. The zero-order chi connectivity index (χ0) is 11.5. The van der Waals surface area contributed by atoms with Gasteiger partial charge >= 0.3 is 0 Å². The molecule has 1 unspecified atom stereocenters. The minimum atomic E-state index is -0.450. The van der Waals surface area contributed by atoms with Crippen molar-refractivity contribution in [1.82, 2.24) is 0 Å². The molecular weight excluding hydrogens is 204 g/mol. The van der Waals surface area contributed by atoms with E-state index in [2.05, 4.69) is 6.08 Å². The largest absolute Gasteiger partial charge is 0.493 e. The van der Waals surface area contributed by atoms with E-state index in [-0.39, 0.29) is 0 Å². The summed E-state index contributed by atoms with van der Waals surface area (Å²) in [5.74, 6) is 1.38. The van der Waals surface area contributed by atoms with E-state index >= 15 is 0 Å². The highest BCUT2D eigenvalue weighted by molar-refractivity contribution is 5.49. The Hall–Kier alpha value is -1.48. The average Bonchev–Trinajstić information content (AvgIpc) is 2.49. The molecule has 2 rings (SSSR count). The van der Waals surface area contributed by atoms with Gasteiger partial charge in [0.1, 0.15) is 0 Å². The van der Waals surface area contributed by atoms with Crippen molar-refractivity contribution in [1.29, 1.82) is 0 Å². The number of fused-ring (bicyclic) bond motifs is 1. The third-order valence-corrected chi connectivity index (χ3v) is 2.87. The van der Waals surface area contributed by atoms with Gasteiger partial charge in [0, 0.05) is 0 Å². The van der Waals surface area contributed by atoms with Gasteiger partial charge in [0.05, 0.1) is 20.3 Å². The second-order valence-electron chi connectivity index (χ2n) is 3.83. The summed E-state index contributed by atoms with van der Waals surface area (Å²) in [6.07, 6.45) is 5.10. The second kappa shape index (κ2) is 4.58. The second-order valence-corrected chi connectivity index (χ2v) is 3.83. The van der Waals surface area contributed by atoms with E-state index in [0.717, 1.165) is 17.5 Å². The normalized spacial score (nSPS) is 18.8. The number of aliphatic hydroxyl groups excluding tert-OH is 1. The Bertz CT molecular complexity index is 410. The van der Waals surface area contributed by atoms with Crippen LogP contribution in [0.15, 0.2) is 24.3 Å². The molecular formula is C13H16O3. The van der Waals surface area contributed by atoms with Crippen LogP contribution in [0.1, 0.15) is 23.7 Å². The van der Waals surface area contributed by atoms with Crippen molar-refractivity contribution in [2.45, 2.75) is 18.9 Å². The lowest BCUT2D eigenvalue weighted by atomic mass is 10.00. The van der Waals surface area contributed by atoms with Gasteiger partial charge < -0.3 is 14.6 Å². The number of methoxy groups -OCH3 is 2. The van der Waals surface area contributed by atoms with Crippen molar-refractivity contribution in [3.05, 3.63) is 35.4 Å².